The summed E-state index contributed by atoms with van der Waals surface area (Å²) in [6, 6.07) is 0.344. The Balaban J connectivity index is 0.00000144. The Hall–Kier alpha value is -0.940. The number of nitrogens with one attached hydrogen (secondary N) is 1. The maximum Gasteiger partial charge on any atom is 0.287 e. The first-order chi connectivity index (χ1) is 5.59. The van der Waals surface area contributed by atoms with Crippen LogP contribution in [-0.2, 0) is 9.63 Å². The molecule has 1 aliphatic heterocycles. The summed E-state index contributed by atoms with van der Waals surface area (Å²) in [6.07, 6.45) is 1.76. The van der Waals surface area contributed by atoms with E-state index in [1.165, 1.54) is 6.92 Å². The van der Waals surface area contributed by atoms with Crippen LogP contribution in [0.2, 0.25) is 0 Å². The molecule has 0 unspecified atom stereocenters. The lowest BCUT2D eigenvalue weighted by molar-refractivity contribution is -0.974. The molecule has 0 spiro atoms. The van der Waals surface area contributed by atoms with Crippen LogP contribution < -0.4 is 23.3 Å². The molecule has 0 atom stereocenters. The topological polar surface area (TPSA) is 58.2 Å². The zero-order valence-electron chi connectivity index (χ0n) is 7.87. The van der Waals surface area contributed by atoms with Gasteiger partial charge in [-0.1, -0.05) is 5.59 Å². The minimum Gasteiger partial charge on any atom is -1.00 e. The predicted molar refractivity (Wildman–Crippen MR) is 41.9 cm³/mol. The molecule has 1 rings (SSSR count). The van der Waals surface area contributed by atoms with Crippen molar-refractivity contribution in [2.24, 2.45) is 0 Å². The first kappa shape index (κ1) is 12.1. The Kier molecular flexibility index (Phi) is 4.58. The number of nitrogens with zero attached hydrogens (tertiary/aromatic N) is 1. The Morgan fingerprint density at radius 1 is 1.69 bits per heavy atom. The van der Waals surface area contributed by atoms with Gasteiger partial charge in [0, 0.05) is 6.92 Å². The smallest absolute Gasteiger partial charge is 0.287 e. The molecule has 3 N–H and O–H groups in total. The number of carbonyl (C=O) groups is 1. The number of quaternary nitrogens is 1. The normalized spacial score (nSPS) is 14.8. The molecule has 0 bridgehead atoms. The molecule has 1 heterocycles. The van der Waals surface area contributed by atoms with E-state index in [4.69, 9.17) is 4.84 Å². The van der Waals surface area contributed by atoms with Gasteiger partial charge in [-0.15, -0.1) is 0 Å². The zero-order valence-corrected chi connectivity index (χ0v) is 8.63. The van der Waals surface area contributed by atoms with E-state index < -0.39 is 0 Å². The molecule has 0 aromatic heterocycles. The van der Waals surface area contributed by atoms with Gasteiger partial charge >= 0.3 is 0 Å². The average Bonchev–Trinajstić information content (AvgIpc) is 2.34. The van der Waals surface area contributed by atoms with Crippen molar-refractivity contribution in [3.8, 4) is 0 Å². The number of carbonyl (C=O) groups excluding carboxylic acids is 1. The van der Waals surface area contributed by atoms with E-state index in [0.29, 0.717) is 11.9 Å². The maximum atomic E-state index is 10.6. The van der Waals surface area contributed by atoms with Crippen LogP contribution in [0.4, 0.5) is 0 Å². The van der Waals surface area contributed by atoms with E-state index in [1.54, 1.807) is 11.8 Å². The molecule has 76 valence electrons. The monoisotopic (exact) mass is 207 g/mol. The number of halogens is 1. The van der Waals surface area contributed by atoms with E-state index in [9.17, 15) is 4.79 Å². The van der Waals surface area contributed by atoms with Crippen molar-refractivity contribution in [3.05, 3.63) is 12.1 Å². The maximum absolute atomic E-state index is 10.6. The van der Waals surface area contributed by atoms with Crippen LogP contribution in [0.5, 0.6) is 0 Å². The van der Waals surface area contributed by atoms with Crippen LogP contribution in [0.3, 0.4) is 0 Å². The summed E-state index contributed by atoms with van der Waals surface area (Å²) >= 11 is 0. The summed E-state index contributed by atoms with van der Waals surface area (Å²) in [6.45, 7) is 5.52. The van der Waals surface area contributed by atoms with Gasteiger partial charge in [-0.3, -0.25) is 14.9 Å². The Bertz CT molecular complexity index is 218. The molecule has 13 heavy (non-hydrogen) atoms. The molecule has 0 aromatic rings. The van der Waals surface area contributed by atoms with E-state index >= 15 is 0 Å². The van der Waals surface area contributed by atoms with E-state index in [0.717, 1.165) is 0 Å². The lowest BCUT2D eigenvalue weighted by Gasteiger charge is -2.11. The molecule has 0 aromatic carbocycles. The lowest BCUT2D eigenvalue weighted by Crippen LogP contribution is -3.00. The minimum atomic E-state index is -0.125. The second-order valence-corrected chi connectivity index (χ2v) is 2.94. The number of hydrogen-bond acceptors (Lipinski definition) is 3. The van der Waals surface area contributed by atoms with Crippen LogP contribution in [-0.4, -0.2) is 17.0 Å². The summed E-state index contributed by atoms with van der Waals surface area (Å²) in [7, 11) is 0. The fourth-order valence-corrected chi connectivity index (χ4v) is 0.820. The Labute approximate surface area is 83.4 Å². The van der Waals surface area contributed by atoms with Crippen molar-refractivity contribution in [1.82, 2.24) is 10.3 Å². The SMILES string of the molecule is CC(=O)NC1=CN(C(C)C)[NH2+]O1.[Cl-]. The summed E-state index contributed by atoms with van der Waals surface area (Å²) < 4.78 is 0. The highest BCUT2D eigenvalue weighted by atomic mass is 35.5. The Morgan fingerprint density at radius 3 is 2.69 bits per heavy atom. The molecule has 6 heteroatoms. The third kappa shape index (κ3) is 3.52. The van der Waals surface area contributed by atoms with Crippen molar-refractivity contribution in [1.29, 1.82) is 0 Å². The van der Waals surface area contributed by atoms with Gasteiger partial charge in [-0.05, 0) is 13.8 Å². The van der Waals surface area contributed by atoms with Crippen LogP contribution in [0, 0.1) is 0 Å². The van der Waals surface area contributed by atoms with Gasteiger partial charge in [0.15, 0.2) is 0 Å². The number of nitrogens with two attached hydrogens (primary N) is 1. The van der Waals surface area contributed by atoms with Crippen molar-refractivity contribution in [3.63, 3.8) is 0 Å². The molecule has 0 aliphatic carbocycles. The molecule has 0 saturated carbocycles. The zero-order chi connectivity index (χ0) is 9.14. The molecular formula is C7H14ClN3O2. The van der Waals surface area contributed by atoms with Gasteiger partial charge in [0.2, 0.25) is 5.91 Å². The molecular weight excluding hydrogens is 194 g/mol. The second-order valence-electron chi connectivity index (χ2n) is 2.94. The van der Waals surface area contributed by atoms with E-state index in [1.807, 2.05) is 18.9 Å². The first-order valence-corrected chi connectivity index (χ1v) is 3.86. The molecule has 0 radical (unpaired) electrons. The molecule has 0 saturated heterocycles. The lowest BCUT2D eigenvalue weighted by atomic mass is 10.4. The van der Waals surface area contributed by atoms with Gasteiger partial charge < -0.3 is 12.4 Å². The van der Waals surface area contributed by atoms with Gasteiger partial charge in [0.25, 0.3) is 5.88 Å². The standard InChI is InChI=1S/C7H13N3O2.ClH/c1-5(2)10-4-7(12-9-10)8-6(3)11;/h4-5,9H,1-3H3,(H,8,11);1H. The highest BCUT2D eigenvalue weighted by molar-refractivity contribution is 5.74. The van der Waals surface area contributed by atoms with Gasteiger partial charge in [0.1, 0.15) is 6.20 Å². The van der Waals surface area contributed by atoms with Crippen LogP contribution in [0.25, 0.3) is 0 Å². The average molecular weight is 208 g/mol. The molecule has 5 nitrogen and oxygen atoms in total. The quantitative estimate of drug-likeness (QED) is 0.455. The van der Waals surface area contributed by atoms with E-state index in [2.05, 4.69) is 5.32 Å². The summed E-state index contributed by atoms with van der Waals surface area (Å²) in [5.41, 5.74) is 1.58. The molecule has 1 aliphatic rings. The number of hydrogen-bond donors (Lipinski definition) is 2. The van der Waals surface area contributed by atoms with Crippen LogP contribution in [0.15, 0.2) is 12.1 Å². The van der Waals surface area contributed by atoms with Gasteiger partial charge in [0.05, 0.1) is 6.04 Å². The summed E-state index contributed by atoms with van der Waals surface area (Å²) in [5.74, 6) is 0.358. The van der Waals surface area contributed by atoms with Crippen LogP contribution in [0.1, 0.15) is 20.8 Å². The van der Waals surface area contributed by atoms with Gasteiger partial charge in [-0.2, -0.15) is 5.01 Å². The summed E-state index contributed by atoms with van der Waals surface area (Å²) in [5, 5.41) is 4.43. The molecule has 1 amide bonds. The molecule has 0 fully saturated rings. The first-order valence-electron chi connectivity index (χ1n) is 3.86. The Morgan fingerprint density at radius 2 is 2.31 bits per heavy atom. The highest BCUT2D eigenvalue weighted by Gasteiger charge is 2.20. The van der Waals surface area contributed by atoms with Crippen molar-refractivity contribution in [2.45, 2.75) is 26.8 Å². The summed E-state index contributed by atoms with van der Waals surface area (Å²) in [4.78, 5) is 15.7. The van der Waals surface area contributed by atoms with Gasteiger partial charge in [-0.25, -0.2) is 0 Å². The minimum absolute atomic E-state index is 0. The third-order valence-corrected chi connectivity index (χ3v) is 1.46. The third-order valence-electron chi connectivity index (χ3n) is 1.46. The van der Waals surface area contributed by atoms with Crippen molar-refractivity contribution < 1.29 is 27.6 Å². The fraction of sp³-hybridized carbons (Fsp3) is 0.571. The van der Waals surface area contributed by atoms with Crippen LogP contribution >= 0.6 is 0 Å². The largest absolute Gasteiger partial charge is 1.00 e. The number of rotatable bonds is 2. The van der Waals surface area contributed by atoms with E-state index in [-0.39, 0.29) is 18.3 Å². The predicted octanol–water partition coefficient (Wildman–Crippen LogP) is -3.94. The second kappa shape index (κ2) is 4.94. The number of amides is 1. The van der Waals surface area contributed by atoms with Crippen molar-refractivity contribution >= 4 is 5.91 Å². The highest BCUT2D eigenvalue weighted by Crippen LogP contribution is 1.99. The fourth-order valence-electron chi connectivity index (χ4n) is 0.820. The van der Waals surface area contributed by atoms with Crippen molar-refractivity contribution in [2.75, 3.05) is 0 Å².